The van der Waals surface area contributed by atoms with Gasteiger partial charge >= 0.3 is 0 Å². The van der Waals surface area contributed by atoms with Crippen LogP contribution >= 0.6 is 0 Å². The molecule has 0 aromatic carbocycles. The topological polar surface area (TPSA) is 80.9 Å². The quantitative estimate of drug-likeness (QED) is 0.536. The van der Waals surface area contributed by atoms with Crippen molar-refractivity contribution in [1.29, 1.82) is 0 Å². The third kappa shape index (κ3) is 10.4. The maximum Gasteiger partial charge on any atom is 0.156 e. The van der Waals surface area contributed by atoms with Gasteiger partial charge in [0.15, 0.2) is 6.29 Å². The van der Waals surface area contributed by atoms with Crippen LogP contribution in [0.1, 0.15) is 41.0 Å². The van der Waals surface area contributed by atoms with Crippen LogP contribution < -0.4 is 0 Å². The van der Waals surface area contributed by atoms with Gasteiger partial charge in [-0.05, 0) is 12.3 Å². The van der Waals surface area contributed by atoms with Gasteiger partial charge in [-0.2, -0.15) is 0 Å². The first-order valence-corrected chi connectivity index (χ1v) is 5.75. The molecule has 0 atom stereocenters. The molecule has 0 fully saturated rings. The Morgan fingerprint density at radius 1 is 0.938 bits per heavy atom. The van der Waals surface area contributed by atoms with E-state index in [4.69, 9.17) is 20.4 Å². The SMILES string of the molecule is CC(C)CC(C)(C)C(O)O.CC(CO)CO. The van der Waals surface area contributed by atoms with Gasteiger partial charge in [0, 0.05) is 24.5 Å². The average Bonchev–Trinajstić information content (AvgIpc) is 2.15. The molecule has 4 heteroatoms. The van der Waals surface area contributed by atoms with Crippen LogP contribution in [0.4, 0.5) is 0 Å². The van der Waals surface area contributed by atoms with Crippen molar-refractivity contribution in [3.8, 4) is 0 Å². The van der Waals surface area contributed by atoms with Crippen LogP contribution in [-0.2, 0) is 0 Å². The second kappa shape index (κ2) is 8.93. The minimum absolute atomic E-state index is 0.0463. The summed E-state index contributed by atoms with van der Waals surface area (Å²) >= 11 is 0. The van der Waals surface area contributed by atoms with Crippen molar-refractivity contribution in [3.05, 3.63) is 0 Å². The zero-order chi connectivity index (χ0) is 13.4. The maximum atomic E-state index is 8.88. The first-order valence-electron chi connectivity index (χ1n) is 5.75. The molecule has 0 aliphatic carbocycles. The summed E-state index contributed by atoms with van der Waals surface area (Å²) in [5.74, 6) is 0.557. The highest BCUT2D eigenvalue weighted by atomic mass is 16.5. The smallest absolute Gasteiger partial charge is 0.156 e. The average molecular weight is 236 g/mol. The molecule has 0 radical (unpaired) electrons. The van der Waals surface area contributed by atoms with E-state index in [0.29, 0.717) is 5.92 Å². The van der Waals surface area contributed by atoms with Gasteiger partial charge in [0.2, 0.25) is 0 Å². The fourth-order valence-electron chi connectivity index (χ4n) is 1.22. The molecule has 0 aromatic heterocycles. The summed E-state index contributed by atoms with van der Waals surface area (Å²) in [5, 5.41) is 34.1. The Morgan fingerprint density at radius 3 is 1.38 bits per heavy atom. The molecule has 0 aliphatic heterocycles. The highest BCUT2D eigenvalue weighted by molar-refractivity contribution is 4.71. The van der Waals surface area contributed by atoms with Crippen molar-refractivity contribution >= 4 is 0 Å². The maximum absolute atomic E-state index is 8.88. The standard InChI is InChI=1S/C8H18O2.C4H10O2/c1-6(2)5-8(3,4)7(9)10;1-4(2-5)3-6/h6-7,9-10H,5H2,1-4H3;4-6H,2-3H2,1H3. The molecule has 0 saturated heterocycles. The first kappa shape index (κ1) is 18.2. The van der Waals surface area contributed by atoms with E-state index in [1.807, 2.05) is 13.8 Å². The molecule has 4 nitrogen and oxygen atoms in total. The molecule has 0 aliphatic rings. The third-order valence-corrected chi connectivity index (χ3v) is 2.26. The van der Waals surface area contributed by atoms with E-state index >= 15 is 0 Å². The van der Waals surface area contributed by atoms with Crippen molar-refractivity contribution in [2.75, 3.05) is 13.2 Å². The van der Waals surface area contributed by atoms with E-state index in [2.05, 4.69) is 13.8 Å². The summed E-state index contributed by atoms with van der Waals surface area (Å²) in [6.07, 6.45) is -0.361. The van der Waals surface area contributed by atoms with E-state index in [-0.39, 0.29) is 24.5 Å². The minimum Gasteiger partial charge on any atom is -0.396 e. The molecule has 0 spiro atoms. The summed E-state index contributed by atoms with van der Waals surface area (Å²) < 4.78 is 0. The molecule has 0 unspecified atom stereocenters. The van der Waals surface area contributed by atoms with Gasteiger partial charge in [-0.3, -0.25) is 0 Å². The van der Waals surface area contributed by atoms with Gasteiger partial charge in [0.1, 0.15) is 0 Å². The molecule has 0 amide bonds. The zero-order valence-corrected chi connectivity index (χ0v) is 11.1. The summed E-state index contributed by atoms with van der Waals surface area (Å²) in [6, 6.07) is 0. The lowest BCUT2D eigenvalue weighted by Gasteiger charge is -2.28. The predicted octanol–water partition coefficient (Wildman–Crippen LogP) is 0.976. The van der Waals surface area contributed by atoms with Crippen molar-refractivity contribution < 1.29 is 20.4 Å². The van der Waals surface area contributed by atoms with Gasteiger partial charge in [-0.25, -0.2) is 0 Å². The fraction of sp³-hybridized carbons (Fsp3) is 1.00. The van der Waals surface area contributed by atoms with E-state index in [0.717, 1.165) is 6.42 Å². The Hall–Kier alpha value is -0.160. The molecular weight excluding hydrogens is 208 g/mol. The molecule has 0 saturated carbocycles. The highest BCUT2D eigenvalue weighted by Gasteiger charge is 2.26. The van der Waals surface area contributed by atoms with Crippen molar-refractivity contribution in [1.82, 2.24) is 0 Å². The van der Waals surface area contributed by atoms with Crippen molar-refractivity contribution in [3.63, 3.8) is 0 Å². The molecule has 100 valence electrons. The molecule has 0 bridgehead atoms. The summed E-state index contributed by atoms with van der Waals surface area (Å²) in [6.45, 7) is 9.80. The minimum atomic E-state index is -1.20. The van der Waals surface area contributed by atoms with Crippen LogP contribution in [0.2, 0.25) is 0 Å². The van der Waals surface area contributed by atoms with Crippen LogP contribution in [0.15, 0.2) is 0 Å². The number of aliphatic hydroxyl groups excluding tert-OH is 3. The molecule has 4 N–H and O–H groups in total. The number of hydrogen-bond donors (Lipinski definition) is 4. The van der Waals surface area contributed by atoms with Gasteiger partial charge in [-0.15, -0.1) is 0 Å². The second-order valence-electron chi connectivity index (χ2n) is 5.43. The number of aliphatic hydroxyl groups is 4. The van der Waals surface area contributed by atoms with Gasteiger partial charge in [0.05, 0.1) is 0 Å². The summed E-state index contributed by atoms with van der Waals surface area (Å²) in [7, 11) is 0. The van der Waals surface area contributed by atoms with Crippen molar-refractivity contribution in [2.45, 2.75) is 47.3 Å². The second-order valence-corrected chi connectivity index (χ2v) is 5.43. The lowest BCUT2D eigenvalue weighted by atomic mass is 9.83. The summed E-state index contributed by atoms with van der Waals surface area (Å²) in [4.78, 5) is 0. The molecule has 0 heterocycles. The van der Waals surface area contributed by atoms with E-state index in [1.165, 1.54) is 0 Å². The normalized spacial score (nSPS) is 12.0. The zero-order valence-electron chi connectivity index (χ0n) is 11.1. The number of hydrogen-bond acceptors (Lipinski definition) is 4. The largest absolute Gasteiger partial charge is 0.396 e. The highest BCUT2D eigenvalue weighted by Crippen LogP contribution is 2.27. The number of rotatable bonds is 5. The molecule has 0 aromatic rings. The van der Waals surface area contributed by atoms with Gasteiger partial charge < -0.3 is 20.4 Å². The van der Waals surface area contributed by atoms with Crippen molar-refractivity contribution in [2.24, 2.45) is 17.3 Å². The Bertz CT molecular complexity index is 151. The van der Waals surface area contributed by atoms with Crippen LogP contribution in [0.5, 0.6) is 0 Å². The van der Waals surface area contributed by atoms with Crippen LogP contribution in [0.3, 0.4) is 0 Å². The Kier molecular flexibility index (Phi) is 10.2. The van der Waals surface area contributed by atoms with Gasteiger partial charge in [-0.1, -0.05) is 34.6 Å². The fourth-order valence-corrected chi connectivity index (χ4v) is 1.22. The lowest BCUT2D eigenvalue weighted by molar-refractivity contribution is -0.127. The van der Waals surface area contributed by atoms with E-state index in [1.54, 1.807) is 6.92 Å². The lowest BCUT2D eigenvalue weighted by Crippen LogP contribution is -2.30. The van der Waals surface area contributed by atoms with E-state index < -0.39 is 6.29 Å². The molecule has 16 heavy (non-hydrogen) atoms. The summed E-state index contributed by atoms with van der Waals surface area (Å²) in [5.41, 5.74) is -0.367. The molecular formula is C12H28O4. The Labute approximate surface area is 98.9 Å². The van der Waals surface area contributed by atoms with Crippen LogP contribution in [0.25, 0.3) is 0 Å². The van der Waals surface area contributed by atoms with Crippen LogP contribution in [-0.4, -0.2) is 39.9 Å². The van der Waals surface area contributed by atoms with Gasteiger partial charge in [0.25, 0.3) is 0 Å². The Balaban J connectivity index is 0. The predicted molar refractivity (Wildman–Crippen MR) is 64.8 cm³/mol. The van der Waals surface area contributed by atoms with E-state index in [9.17, 15) is 0 Å². The molecule has 0 rings (SSSR count). The third-order valence-electron chi connectivity index (χ3n) is 2.26. The first-order chi connectivity index (χ1) is 7.17. The monoisotopic (exact) mass is 236 g/mol. The Morgan fingerprint density at radius 2 is 1.31 bits per heavy atom. The van der Waals surface area contributed by atoms with Crippen LogP contribution in [0, 0.1) is 17.3 Å².